The summed E-state index contributed by atoms with van der Waals surface area (Å²) in [5.74, 6) is 0.227. The molecule has 3 N–H and O–H groups in total. The Kier molecular flexibility index (Phi) is 1.26. The Morgan fingerprint density at radius 3 is 3.00 bits per heavy atom. The number of rotatable bonds is 0. The van der Waals surface area contributed by atoms with E-state index in [2.05, 4.69) is 19.9 Å². The molecular formula is C6H5N5O. The van der Waals surface area contributed by atoms with Crippen molar-refractivity contribution in [2.24, 2.45) is 0 Å². The quantitative estimate of drug-likeness (QED) is 0.535. The molecule has 0 aliphatic heterocycles. The number of nitrogens with zero attached hydrogens (tertiary/aromatic N) is 3. The van der Waals surface area contributed by atoms with Crippen molar-refractivity contribution in [3.8, 4) is 0 Å². The lowest BCUT2D eigenvalue weighted by molar-refractivity contribution is 1.13. The van der Waals surface area contributed by atoms with Crippen LogP contribution in [0.2, 0.25) is 0 Å². The summed E-state index contributed by atoms with van der Waals surface area (Å²) in [6, 6.07) is 0. The summed E-state index contributed by atoms with van der Waals surface area (Å²) in [4.78, 5) is 24.6. The molecule has 0 amide bonds. The number of fused-ring (bicyclic) bond motifs is 1. The topological polar surface area (TPSA) is 97.5 Å². The van der Waals surface area contributed by atoms with E-state index in [-0.39, 0.29) is 11.4 Å². The predicted octanol–water partition coefficient (Wildman–Crippen LogP) is -0.705. The molecule has 0 unspecified atom stereocenters. The molecular weight excluding hydrogens is 158 g/mol. The molecule has 2 aromatic rings. The molecule has 0 saturated carbocycles. The number of hydrogen-bond donors (Lipinski definition) is 2. The Bertz CT molecular complexity index is 477. The maximum Gasteiger partial charge on any atom is 0.267 e. The molecule has 0 bridgehead atoms. The Balaban J connectivity index is 2.97. The molecule has 0 aromatic carbocycles. The Labute approximate surface area is 66.5 Å². The average Bonchev–Trinajstić information content (AvgIpc) is 2.07. The fraction of sp³-hybridized carbons (Fsp3) is 0. The van der Waals surface area contributed by atoms with Crippen molar-refractivity contribution in [1.82, 2.24) is 19.9 Å². The third kappa shape index (κ3) is 0.895. The molecule has 2 aromatic heterocycles. The van der Waals surface area contributed by atoms with E-state index in [9.17, 15) is 4.79 Å². The Morgan fingerprint density at radius 1 is 1.33 bits per heavy atom. The summed E-state index contributed by atoms with van der Waals surface area (Å²) in [5, 5.41) is 0. The first-order valence-electron chi connectivity index (χ1n) is 3.23. The number of aromatic amines is 1. The Morgan fingerprint density at radius 2 is 2.17 bits per heavy atom. The minimum atomic E-state index is -0.316. The van der Waals surface area contributed by atoms with Crippen molar-refractivity contribution in [3.63, 3.8) is 0 Å². The highest BCUT2D eigenvalue weighted by Gasteiger charge is 2.00. The van der Waals surface area contributed by atoms with Crippen LogP contribution in [0.5, 0.6) is 0 Å². The van der Waals surface area contributed by atoms with Gasteiger partial charge in [0.25, 0.3) is 5.56 Å². The fourth-order valence-corrected chi connectivity index (χ4v) is 0.882. The van der Waals surface area contributed by atoms with Gasteiger partial charge >= 0.3 is 0 Å². The van der Waals surface area contributed by atoms with E-state index in [1.54, 1.807) is 0 Å². The summed E-state index contributed by atoms with van der Waals surface area (Å²) < 4.78 is 0. The average molecular weight is 163 g/mol. The summed E-state index contributed by atoms with van der Waals surface area (Å²) in [5.41, 5.74) is 5.92. The molecule has 6 nitrogen and oxygen atoms in total. The number of H-pyrrole nitrogens is 1. The van der Waals surface area contributed by atoms with Gasteiger partial charge in [0.1, 0.15) is 11.8 Å². The molecule has 2 heterocycles. The number of aromatic nitrogens is 4. The zero-order chi connectivity index (χ0) is 8.55. The molecule has 0 spiro atoms. The third-order valence-electron chi connectivity index (χ3n) is 1.41. The van der Waals surface area contributed by atoms with Crippen LogP contribution >= 0.6 is 0 Å². The van der Waals surface area contributed by atoms with Gasteiger partial charge in [-0.2, -0.15) is 0 Å². The lowest BCUT2D eigenvalue weighted by atomic mass is 10.5. The van der Waals surface area contributed by atoms with Crippen LogP contribution in [0.1, 0.15) is 0 Å². The van der Waals surface area contributed by atoms with Crippen molar-refractivity contribution in [3.05, 3.63) is 22.9 Å². The number of nitrogens with one attached hydrogen (secondary N) is 1. The van der Waals surface area contributed by atoms with Gasteiger partial charge in [-0.3, -0.25) is 4.79 Å². The molecule has 0 atom stereocenters. The van der Waals surface area contributed by atoms with Crippen LogP contribution < -0.4 is 11.3 Å². The molecule has 12 heavy (non-hydrogen) atoms. The van der Waals surface area contributed by atoms with Crippen molar-refractivity contribution < 1.29 is 0 Å². The van der Waals surface area contributed by atoms with Gasteiger partial charge in [0.05, 0.1) is 6.20 Å². The zero-order valence-corrected chi connectivity index (χ0v) is 5.98. The molecule has 0 saturated heterocycles. The monoisotopic (exact) mass is 163 g/mol. The van der Waals surface area contributed by atoms with Crippen molar-refractivity contribution in [1.29, 1.82) is 0 Å². The second kappa shape index (κ2) is 2.26. The van der Waals surface area contributed by atoms with Gasteiger partial charge in [0, 0.05) is 0 Å². The van der Waals surface area contributed by atoms with E-state index in [1.807, 2.05) is 0 Å². The summed E-state index contributed by atoms with van der Waals surface area (Å²) >= 11 is 0. The zero-order valence-electron chi connectivity index (χ0n) is 5.98. The molecule has 0 fully saturated rings. The smallest absolute Gasteiger partial charge is 0.267 e. The van der Waals surface area contributed by atoms with Gasteiger partial charge in [-0.1, -0.05) is 0 Å². The molecule has 0 aliphatic rings. The van der Waals surface area contributed by atoms with Gasteiger partial charge in [-0.05, 0) is 0 Å². The number of anilines is 1. The highest BCUT2D eigenvalue weighted by Crippen LogP contribution is 2.06. The maximum absolute atomic E-state index is 10.8. The third-order valence-corrected chi connectivity index (χ3v) is 1.41. The van der Waals surface area contributed by atoms with E-state index >= 15 is 0 Å². The minimum absolute atomic E-state index is 0.227. The van der Waals surface area contributed by atoms with Crippen LogP contribution in [-0.4, -0.2) is 19.9 Å². The molecule has 60 valence electrons. The van der Waals surface area contributed by atoms with Crippen LogP contribution in [0.25, 0.3) is 11.2 Å². The lowest BCUT2D eigenvalue weighted by Crippen LogP contribution is -2.08. The van der Waals surface area contributed by atoms with Gasteiger partial charge in [0.2, 0.25) is 0 Å². The minimum Gasteiger partial charge on any atom is -0.382 e. The summed E-state index contributed by atoms with van der Waals surface area (Å²) in [6.07, 6.45) is 2.44. The van der Waals surface area contributed by atoms with Crippen LogP contribution in [0.15, 0.2) is 17.3 Å². The molecule has 0 radical (unpaired) electrons. The number of nitrogens with two attached hydrogens (primary N) is 1. The largest absolute Gasteiger partial charge is 0.382 e. The second-order valence-electron chi connectivity index (χ2n) is 2.20. The first-order chi connectivity index (χ1) is 5.77. The highest BCUT2D eigenvalue weighted by molar-refractivity contribution is 5.79. The van der Waals surface area contributed by atoms with Crippen LogP contribution in [0.4, 0.5) is 5.82 Å². The Hall–Kier alpha value is -1.98. The molecule has 2 rings (SSSR count). The maximum atomic E-state index is 10.8. The SMILES string of the molecule is Nc1ncnc2ncc(=O)[nH]c12. The van der Waals surface area contributed by atoms with E-state index in [0.717, 1.165) is 6.20 Å². The lowest BCUT2D eigenvalue weighted by Gasteiger charge is -1.96. The number of hydrogen-bond acceptors (Lipinski definition) is 5. The first-order valence-corrected chi connectivity index (χ1v) is 3.23. The normalized spacial score (nSPS) is 10.3. The van der Waals surface area contributed by atoms with Gasteiger partial charge < -0.3 is 10.7 Å². The van der Waals surface area contributed by atoms with E-state index < -0.39 is 0 Å². The van der Waals surface area contributed by atoms with Crippen molar-refractivity contribution in [2.75, 3.05) is 5.73 Å². The standard InChI is InChI=1S/C6H5N5O/c7-5-4-6(10-2-9-5)8-1-3(12)11-4/h1-2H,(H,11,12)(H2,7,8,9,10). The van der Waals surface area contributed by atoms with Crippen LogP contribution in [0.3, 0.4) is 0 Å². The van der Waals surface area contributed by atoms with Crippen LogP contribution in [-0.2, 0) is 0 Å². The highest BCUT2D eigenvalue weighted by atomic mass is 16.1. The summed E-state index contributed by atoms with van der Waals surface area (Å²) in [7, 11) is 0. The van der Waals surface area contributed by atoms with E-state index in [0.29, 0.717) is 11.2 Å². The van der Waals surface area contributed by atoms with Gasteiger partial charge in [0.15, 0.2) is 11.5 Å². The van der Waals surface area contributed by atoms with Gasteiger partial charge in [-0.15, -0.1) is 0 Å². The van der Waals surface area contributed by atoms with Crippen molar-refractivity contribution in [2.45, 2.75) is 0 Å². The van der Waals surface area contributed by atoms with Crippen molar-refractivity contribution >= 4 is 17.0 Å². The predicted molar refractivity (Wildman–Crippen MR) is 42.4 cm³/mol. The molecule has 6 heteroatoms. The van der Waals surface area contributed by atoms with E-state index in [4.69, 9.17) is 5.73 Å². The fourth-order valence-electron chi connectivity index (χ4n) is 0.882. The first kappa shape index (κ1) is 6.71. The second-order valence-corrected chi connectivity index (χ2v) is 2.20. The van der Waals surface area contributed by atoms with E-state index in [1.165, 1.54) is 6.33 Å². The number of nitrogen functional groups attached to an aromatic ring is 1. The van der Waals surface area contributed by atoms with Crippen LogP contribution in [0, 0.1) is 0 Å². The summed E-state index contributed by atoms with van der Waals surface area (Å²) in [6.45, 7) is 0. The molecule has 0 aliphatic carbocycles. The van der Waals surface area contributed by atoms with Gasteiger partial charge in [-0.25, -0.2) is 15.0 Å².